The van der Waals surface area contributed by atoms with E-state index in [-0.39, 0.29) is 12.7 Å². The zero-order chi connectivity index (χ0) is 37.0. The Kier molecular flexibility index (Phi) is 10.8. The number of hydrogen-bond acceptors (Lipinski definition) is 0. The van der Waals surface area contributed by atoms with Gasteiger partial charge in [0.2, 0.25) is 0 Å². The summed E-state index contributed by atoms with van der Waals surface area (Å²) in [6.45, 7) is 18.9. The first-order valence-corrected chi connectivity index (χ1v) is 36.5. The van der Waals surface area contributed by atoms with Crippen LogP contribution < -0.4 is 0 Å². The van der Waals surface area contributed by atoms with Crippen LogP contribution >= 0.6 is 17.0 Å². The summed E-state index contributed by atoms with van der Waals surface area (Å²) >= 11 is -4.86. The van der Waals surface area contributed by atoms with Gasteiger partial charge >= 0.3 is 326 Å². The van der Waals surface area contributed by atoms with Gasteiger partial charge in [0.05, 0.1) is 0 Å². The van der Waals surface area contributed by atoms with Gasteiger partial charge in [-0.05, 0) is 0 Å². The second kappa shape index (κ2) is 14.6. The molecule has 52 heavy (non-hydrogen) atoms. The fourth-order valence-corrected chi connectivity index (χ4v) is 42.3. The van der Waals surface area contributed by atoms with Gasteiger partial charge in [0, 0.05) is 0 Å². The predicted octanol–water partition coefficient (Wildman–Crippen LogP) is 15.4. The van der Waals surface area contributed by atoms with Crippen LogP contribution in [0.2, 0.25) is 13.1 Å². The summed E-state index contributed by atoms with van der Waals surface area (Å²) in [5.41, 5.74) is 16.4. The molecule has 1 fully saturated rings. The average Bonchev–Trinajstić information content (AvgIpc) is 3.71. The molecule has 3 aliphatic rings. The van der Waals surface area contributed by atoms with E-state index in [1.165, 1.54) is 98.9 Å². The molecule has 273 valence electrons. The van der Waals surface area contributed by atoms with Crippen molar-refractivity contribution < 1.29 is 15.6 Å². The SMILES string of the molecule is CCCC(C)C1=Cc2c(-c3ccc(C(C)(C)C)cc3)cccc2[CH]1[Zr]([Cl])([Cl])([CH]1C(C)=Cc2c(-c3ccc(C4CCCCC4)cc3)cccc21)[SiH](C)C. The topological polar surface area (TPSA) is 0 Å². The van der Waals surface area contributed by atoms with Crippen molar-refractivity contribution in [2.45, 2.75) is 118 Å². The molecule has 0 N–H and O–H groups in total. The minimum absolute atomic E-state index is 0.0933. The number of rotatable bonds is 9. The summed E-state index contributed by atoms with van der Waals surface area (Å²) in [6.07, 6.45) is 14.0. The average molecular weight is 826 g/mol. The van der Waals surface area contributed by atoms with Crippen LogP contribution in [0.1, 0.15) is 133 Å². The van der Waals surface area contributed by atoms with E-state index in [2.05, 4.69) is 152 Å². The van der Waals surface area contributed by atoms with Crippen molar-refractivity contribution in [3.63, 3.8) is 0 Å². The monoisotopic (exact) mass is 823 g/mol. The van der Waals surface area contributed by atoms with E-state index in [1.807, 2.05) is 0 Å². The van der Waals surface area contributed by atoms with Gasteiger partial charge in [0.25, 0.3) is 0 Å². The second-order valence-electron chi connectivity index (χ2n) is 17.9. The Bertz CT molecular complexity index is 2010. The van der Waals surface area contributed by atoms with Gasteiger partial charge in [-0.2, -0.15) is 0 Å². The summed E-state index contributed by atoms with van der Waals surface area (Å²) in [5, 5.41) is 0. The molecule has 4 heteroatoms. The molecule has 0 saturated heterocycles. The van der Waals surface area contributed by atoms with Crippen molar-refractivity contribution in [3.8, 4) is 22.3 Å². The molecule has 3 atom stereocenters. The van der Waals surface area contributed by atoms with Crippen LogP contribution in [0.15, 0.2) is 96.1 Å². The van der Waals surface area contributed by atoms with Crippen molar-refractivity contribution in [2.24, 2.45) is 5.92 Å². The molecule has 0 nitrogen and oxygen atoms in total. The summed E-state index contributed by atoms with van der Waals surface area (Å²) in [6, 6.07) is 32.7. The molecule has 7 rings (SSSR count). The Balaban J connectivity index is 1.35. The molecular weight excluding hydrogens is 767 g/mol. The second-order valence-corrected chi connectivity index (χ2v) is 60.4. The van der Waals surface area contributed by atoms with Crippen molar-refractivity contribution >= 4 is 35.1 Å². The van der Waals surface area contributed by atoms with E-state index >= 15 is 0 Å². The van der Waals surface area contributed by atoms with E-state index in [0.29, 0.717) is 11.8 Å². The van der Waals surface area contributed by atoms with Gasteiger partial charge in [0.15, 0.2) is 0 Å². The summed E-state index contributed by atoms with van der Waals surface area (Å²) in [4.78, 5) is 0. The zero-order valence-corrected chi connectivity index (χ0v) is 38.0. The summed E-state index contributed by atoms with van der Waals surface area (Å²) in [7, 11) is 17.5. The molecule has 1 saturated carbocycles. The van der Waals surface area contributed by atoms with E-state index < -0.39 is 21.5 Å². The van der Waals surface area contributed by atoms with Crippen molar-refractivity contribution in [1.82, 2.24) is 0 Å². The number of allylic oxidation sites excluding steroid dienone is 2. The van der Waals surface area contributed by atoms with Crippen LogP contribution in [0.4, 0.5) is 0 Å². The van der Waals surface area contributed by atoms with E-state index in [0.717, 1.165) is 12.8 Å². The Morgan fingerprint density at radius 3 is 1.81 bits per heavy atom. The molecule has 3 aliphatic carbocycles. The van der Waals surface area contributed by atoms with Gasteiger partial charge in [-0.25, -0.2) is 0 Å². The first-order chi connectivity index (χ1) is 24.7. The molecule has 4 aromatic carbocycles. The predicted molar refractivity (Wildman–Crippen MR) is 230 cm³/mol. The molecule has 0 heterocycles. The van der Waals surface area contributed by atoms with Crippen LogP contribution in [-0.2, 0) is 21.0 Å². The quantitative estimate of drug-likeness (QED) is 0.148. The van der Waals surface area contributed by atoms with Gasteiger partial charge in [-0.3, -0.25) is 0 Å². The Morgan fingerprint density at radius 1 is 0.731 bits per heavy atom. The fourth-order valence-electron chi connectivity index (χ4n) is 10.2. The Hall–Kier alpha value is -1.96. The van der Waals surface area contributed by atoms with Crippen molar-refractivity contribution in [1.29, 1.82) is 0 Å². The normalized spacial score (nSPS) is 20.6. The van der Waals surface area contributed by atoms with E-state index in [1.54, 1.807) is 0 Å². The molecule has 0 amide bonds. The number of fused-ring (bicyclic) bond motifs is 2. The van der Waals surface area contributed by atoms with Crippen LogP contribution in [0.5, 0.6) is 0 Å². The molecule has 3 unspecified atom stereocenters. The minimum atomic E-state index is -4.86. The van der Waals surface area contributed by atoms with Gasteiger partial charge in [-0.1, -0.05) is 0 Å². The van der Waals surface area contributed by atoms with E-state index in [4.69, 9.17) is 17.0 Å². The number of hydrogen-bond donors (Lipinski definition) is 0. The molecule has 0 radical (unpaired) electrons. The van der Waals surface area contributed by atoms with Gasteiger partial charge < -0.3 is 0 Å². The standard InChI is InChI=1S/C24H29.C22H23.C2H7Si.2ClH.Zr/c1-6-8-17(2)20-15-19-9-7-10-22(23(19)16-20)18-11-13-21(14-12-18)24(3,4)5;1-16-14-20-8-5-9-21(22(20)15-16)19-12-10-18(11-13-19)17-6-3-2-4-7-17;1-3-2;;;/h7,9-17H,6,8H2,1-5H3;5,8-15,17H,2-4,6-7H2,1H3;3H,1-2H3;2*1H;/q;;;;;+2/p-2. The van der Waals surface area contributed by atoms with Gasteiger partial charge in [0.1, 0.15) is 0 Å². The summed E-state index contributed by atoms with van der Waals surface area (Å²) in [5.74, 6) is -0.522. The van der Waals surface area contributed by atoms with Crippen molar-refractivity contribution in [3.05, 3.63) is 129 Å². The molecular formula is C48H59Cl2SiZr. The molecule has 0 bridgehead atoms. The van der Waals surface area contributed by atoms with Crippen LogP contribution in [0.3, 0.4) is 0 Å². The summed E-state index contributed by atoms with van der Waals surface area (Å²) < 4.78 is 0.190. The number of halogens is 2. The first kappa shape index (κ1) is 38.3. The zero-order valence-electron chi connectivity index (χ0n) is 32.8. The Morgan fingerprint density at radius 2 is 1.27 bits per heavy atom. The molecule has 0 spiro atoms. The Labute approximate surface area is 323 Å². The van der Waals surface area contributed by atoms with Gasteiger partial charge in [-0.15, -0.1) is 0 Å². The molecule has 0 aromatic heterocycles. The van der Waals surface area contributed by atoms with Crippen LogP contribution in [0, 0.1) is 5.92 Å². The number of benzene rings is 4. The fraction of sp³-hybridized carbons (Fsp3) is 0.417. The van der Waals surface area contributed by atoms with Crippen LogP contribution in [0.25, 0.3) is 34.4 Å². The van der Waals surface area contributed by atoms with Crippen LogP contribution in [-0.4, -0.2) is 5.92 Å². The molecule has 4 aromatic rings. The third kappa shape index (κ3) is 6.59. The first-order valence-electron chi connectivity index (χ1n) is 20.2. The van der Waals surface area contributed by atoms with E-state index in [9.17, 15) is 0 Å². The maximum atomic E-state index is 8.76. The molecule has 0 aliphatic heterocycles. The third-order valence-electron chi connectivity index (χ3n) is 13.2. The maximum absolute atomic E-state index is 8.76. The van der Waals surface area contributed by atoms with Crippen molar-refractivity contribution in [2.75, 3.05) is 0 Å². The third-order valence-corrected chi connectivity index (χ3v) is 65.2.